The van der Waals surface area contributed by atoms with Crippen LogP contribution in [0.25, 0.3) is 0 Å². The monoisotopic (exact) mass is 244 g/mol. The van der Waals surface area contributed by atoms with E-state index in [1.54, 1.807) is 24.3 Å². The molecule has 2 heterocycles. The van der Waals surface area contributed by atoms with Crippen molar-refractivity contribution >= 4 is 11.8 Å². The number of fused-ring (bicyclic) bond motifs is 1. The number of nitrogens with zero attached hydrogens (tertiary/aromatic N) is 1. The summed E-state index contributed by atoms with van der Waals surface area (Å²) in [6, 6.07) is 7.08. The van der Waals surface area contributed by atoms with Crippen molar-refractivity contribution in [3.05, 3.63) is 35.4 Å². The zero-order valence-corrected chi connectivity index (χ0v) is 10.3. The molecule has 0 unspecified atom stereocenters. The van der Waals surface area contributed by atoms with Crippen LogP contribution in [0.2, 0.25) is 0 Å². The molecule has 1 aromatic rings. The van der Waals surface area contributed by atoms with E-state index in [1.807, 2.05) is 0 Å². The molecule has 94 valence electrons. The Hall–Kier alpha value is -1.68. The zero-order valence-electron chi connectivity index (χ0n) is 10.3. The third kappa shape index (κ3) is 1.49. The predicted octanol–water partition coefficient (Wildman–Crippen LogP) is 1.28. The normalized spacial score (nSPS) is 26.8. The fourth-order valence-electron chi connectivity index (χ4n) is 2.95. The number of hydrogen-bond acceptors (Lipinski definition) is 3. The maximum absolute atomic E-state index is 12.3. The van der Waals surface area contributed by atoms with Crippen LogP contribution in [-0.2, 0) is 0 Å². The first-order chi connectivity index (χ1) is 8.74. The minimum Gasteiger partial charge on any atom is -0.314 e. The van der Waals surface area contributed by atoms with Gasteiger partial charge in [-0.3, -0.25) is 14.5 Å². The van der Waals surface area contributed by atoms with Crippen molar-refractivity contribution in [2.24, 2.45) is 5.92 Å². The van der Waals surface area contributed by atoms with E-state index < -0.39 is 0 Å². The van der Waals surface area contributed by atoms with Crippen molar-refractivity contribution in [3.8, 4) is 0 Å². The highest BCUT2D eigenvalue weighted by Crippen LogP contribution is 2.29. The molecule has 1 fully saturated rings. The second kappa shape index (κ2) is 4.21. The molecule has 1 saturated heterocycles. The Morgan fingerprint density at radius 3 is 2.33 bits per heavy atom. The number of carbonyl (C=O) groups is 2. The molecule has 1 N–H and O–H groups in total. The van der Waals surface area contributed by atoms with Crippen LogP contribution < -0.4 is 5.32 Å². The molecule has 2 atom stereocenters. The molecule has 0 radical (unpaired) electrons. The molecule has 4 heteroatoms. The number of imide groups is 1. The zero-order chi connectivity index (χ0) is 12.7. The molecule has 18 heavy (non-hydrogen) atoms. The van der Waals surface area contributed by atoms with E-state index in [4.69, 9.17) is 0 Å². The topological polar surface area (TPSA) is 49.4 Å². The van der Waals surface area contributed by atoms with E-state index in [2.05, 4.69) is 12.2 Å². The van der Waals surface area contributed by atoms with Crippen LogP contribution in [-0.4, -0.2) is 35.8 Å². The van der Waals surface area contributed by atoms with Gasteiger partial charge in [0, 0.05) is 13.1 Å². The molecule has 2 aliphatic heterocycles. The van der Waals surface area contributed by atoms with E-state index in [0.29, 0.717) is 23.6 Å². The fourth-order valence-corrected chi connectivity index (χ4v) is 2.95. The number of carbonyl (C=O) groups excluding carboxylic acids is 2. The van der Waals surface area contributed by atoms with Crippen LogP contribution in [0.3, 0.4) is 0 Å². The van der Waals surface area contributed by atoms with Gasteiger partial charge in [-0.2, -0.15) is 0 Å². The maximum Gasteiger partial charge on any atom is 0.261 e. The van der Waals surface area contributed by atoms with Crippen molar-refractivity contribution in [2.75, 3.05) is 13.1 Å². The molecule has 0 saturated carbocycles. The second-order valence-electron chi connectivity index (χ2n) is 4.92. The number of benzene rings is 1. The lowest BCUT2D eigenvalue weighted by Gasteiger charge is -2.26. The van der Waals surface area contributed by atoms with Gasteiger partial charge in [0.2, 0.25) is 0 Å². The molecular formula is C14H16N2O2. The van der Waals surface area contributed by atoms with Gasteiger partial charge in [0.15, 0.2) is 0 Å². The average molecular weight is 244 g/mol. The number of amides is 2. The Balaban J connectivity index is 1.97. The molecule has 2 amide bonds. The van der Waals surface area contributed by atoms with Gasteiger partial charge in [-0.15, -0.1) is 0 Å². The minimum atomic E-state index is -0.136. The largest absolute Gasteiger partial charge is 0.314 e. The molecule has 1 aromatic carbocycles. The Morgan fingerprint density at radius 2 is 1.78 bits per heavy atom. The Kier molecular flexibility index (Phi) is 2.67. The summed E-state index contributed by atoms with van der Waals surface area (Å²) in [6.45, 7) is 3.70. The van der Waals surface area contributed by atoms with Gasteiger partial charge in [0.1, 0.15) is 0 Å². The lowest BCUT2D eigenvalue weighted by molar-refractivity contribution is 0.0561. The van der Waals surface area contributed by atoms with Crippen LogP contribution >= 0.6 is 0 Å². The lowest BCUT2D eigenvalue weighted by Crippen LogP contribution is -2.44. The third-order valence-corrected chi connectivity index (χ3v) is 3.99. The van der Waals surface area contributed by atoms with Gasteiger partial charge >= 0.3 is 0 Å². The minimum absolute atomic E-state index is 0.00222. The Labute approximate surface area is 106 Å². The molecule has 3 rings (SSSR count). The third-order valence-electron chi connectivity index (χ3n) is 3.99. The summed E-state index contributed by atoms with van der Waals surface area (Å²) in [5, 5.41) is 3.27. The molecule has 4 nitrogen and oxygen atoms in total. The van der Waals surface area contributed by atoms with Crippen molar-refractivity contribution in [2.45, 2.75) is 19.4 Å². The van der Waals surface area contributed by atoms with Crippen LogP contribution in [0.15, 0.2) is 24.3 Å². The quantitative estimate of drug-likeness (QED) is 0.797. The first-order valence-corrected chi connectivity index (χ1v) is 6.41. The summed E-state index contributed by atoms with van der Waals surface area (Å²) in [5.41, 5.74) is 1.09. The summed E-state index contributed by atoms with van der Waals surface area (Å²) in [6.07, 6.45) is 0.977. The summed E-state index contributed by atoms with van der Waals surface area (Å²) >= 11 is 0. The van der Waals surface area contributed by atoms with Crippen molar-refractivity contribution in [1.82, 2.24) is 10.2 Å². The molecule has 0 bridgehead atoms. The van der Waals surface area contributed by atoms with Gasteiger partial charge in [-0.05, 0) is 18.1 Å². The highest BCUT2D eigenvalue weighted by Gasteiger charge is 2.43. The van der Waals surface area contributed by atoms with Gasteiger partial charge in [-0.1, -0.05) is 25.5 Å². The SMILES string of the molecule is CC[C@@H]1CNC[C@H]1N1C(=O)c2ccccc2C1=O. The van der Waals surface area contributed by atoms with Gasteiger partial charge in [-0.25, -0.2) is 0 Å². The highest BCUT2D eigenvalue weighted by atomic mass is 16.2. The van der Waals surface area contributed by atoms with E-state index in [-0.39, 0.29) is 17.9 Å². The predicted molar refractivity (Wildman–Crippen MR) is 67.4 cm³/mol. The second-order valence-corrected chi connectivity index (χ2v) is 4.92. The van der Waals surface area contributed by atoms with Crippen LogP contribution in [0.1, 0.15) is 34.1 Å². The molecule has 0 aliphatic carbocycles. The molecule has 0 spiro atoms. The van der Waals surface area contributed by atoms with Crippen LogP contribution in [0.4, 0.5) is 0 Å². The van der Waals surface area contributed by atoms with E-state index in [9.17, 15) is 9.59 Å². The van der Waals surface area contributed by atoms with E-state index >= 15 is 0 Å². The summed E-state index contributed by atoms with van der Waals surface area (Å²) in [4.78, 5) is 26.1. The molecule has 0 aromatic heterocycles. The van der Waals surface area contributed by atoms with Crippen LogP contribution in [0.5, 0.6) is 0 Å². The number of nitrogens with one attached hydrogen (secondary N) is 1. The van der Waals surface area contributed by atoms with Crippen molar-refractivity contribution in [3.63, 3.8) is 0 Å². The lowest BCUT2D eigenvalue weighted by atomic mass is 9.99. The van der Waals surface area contributed by atoms with Crippen molar-refractivity contribution < 1.29 is 9.59 Å². The van der Waals surface area contributed by atoms with E-state index in [1.165, 1.54) is 4.90 Å². The van der Waals surface area contributed by atoms with Crippen molar-refractivity contribution in [1.29, 1.82) is 0 Å². The highest BCUT2D eigenvalue weighted by molar-refractivity contribution is 6.21. The number of hydrogen-bond donors (Lipinski definition) is 1. The maximum atomic E-state index is 12.3. The van der Waals surface area contributed by atoms with Gasteiger partial charge in [0.05, 0.1) is 17.2 Å². The molecule has 2 aliphatic rings. The summed E-state index contributed by atoms with van der Waals surface area (Å²) in [7, 11) is 0. The summed E-state index contributed by atoms with van der Waals surface area (Å²) in [5.74, 6) is 0.0951. The fraction of sp³-hybridized carbons (Fsp3) is 0.429. The van der Waals surface area contributed by atoms with Gasteiger partial charge < -0.3 is 5.32 Å². The van der Waals surface area contributed by atoms with E-state index in [0.717, 1.165) is 13.0 Å². The standard InChI is InChI=1S/C14H16N2O2/c1-2-9-7-15-8-12(9)16-13(17)10-5-3-4-6-11(10)14(16)18/h3-6,9,12,15H,2,7-8H2,1H3/t9-,12-/m1/s1. The first-order valence-electron chi connectivity index (χ1n) is 6.41. The van der Waals surface area contributed by atoms with Gasteiger partial charge in [0.25, 0.3) is 11.8 Å². The first kappa shape index (κ1) is 11.4. The number of rotatable bonds is 2. The summed E-state index contributed by atoms with van der Waals surface area (Å²) < 4.78 is 0. The average Bonchev–Trinajstić information content (AvgIpc) is 2.95. The smallest absolute Gasteiger partial charge is 0.261 e. The Bertz CT molecular complexity index is 477. The Morgan fingerprint density at radius 1 is 1.17 bits per heavy atom. The van der Waals surface area contributed by atoms with Crippen LogP contribution in [0, 0.1) is 5.92 Å². The molecular weight excluding hydrogens is 228 g/mol.